The van der Waals surface area contributed by atoms with Crippen LogP contribution in [0.15, 0.2) is 18.2 Å². The standard InChI is InChI=1S/C17H20FN3O3/c1-10-7-12(18)8-14-13(10)9-15(19-14)17(24)21-5-3-20(4-6-21)16(23)11(2)22/h7-9,11,19,22H,3-6H2,1-2H3. The minimum atomic E-state index is -1.03. The van der Waals surface area contributed by atoms with E-state index in [4.69, 9.17) is 0 Å². The van der Waals surface area contributed by atoms with Gasteiger partial charge in [-0.25, -0.2) is 4.39 Å². The van der Waals surface area contributed by atoms with E-state index in [2.05, 4.69) is 4.98 Å². The summed E-state index contributed by atoms with van der Waals surface area (Å²) in [6.45, 7) is 4.83. The monoisotopic (exact) mass is 333 g/mol. The SMILES string of the molecule is Cc1cc(F)cc2[nH]c(C(=O)N3CCN(C(=O)C(C)O)CC3)cc12. The summed E-state index contributed by atoms with van der Waals surface area (Å²) in [5, 5.41) is 10.2. The zero-order chi connectivity index (χ0) is 17.4. The minimum absolute atomic E-state index is 0.171. The third-order valence-electron chi connectivity index (χ3n) is 4.38. The second-order valence-electron chi connectivity index (χ2n) is 6.16. The molecule has 3 rings (SSSR count). The van der Waals surface area contributed by atoms with Crippen molar-refractivity contribution in [2.45, 2.75) is 20.0 Å². The van der Waals surface area contributed by atoms with E-state index < -0.39 is 6.10 Å². The van der Waals surface area contributed by atoms with E-state index >= 15 is 0 Å². The summed E-state index contributed by atoms with van der Waals surface area (Å²) in [6, 6.07) is 4.54. The van der Waals surface area contributed by atoms with Gasteiger partial charge >= 0.3 is 0 Å². The number of hydrogen-bond donors (Lipinski definition) is 2. The zero-order valence-electron chi connectivity index (χ0n) is 13.7. The van der Waals surface area contributed by atoms with Crippen molar-refractivity contribution in [2.24, 2.45) is 0 Å². The lowest BCUT2D eigenvalue weighted by Crippen LogP contribution is -2.52. The average Bonchev–Trinajstić information content (AvgIpc) is 2.97. The number of piperazine rings is 1. The van der Waals surface area contributed by atoms with E-state index in [1.807, 2.05) is 0 Å². The molecule has 7 heteroatoms. The molecule has 0 bridgehead atoms. The molecule has 2 amide bonds. The average molecular weight is 333 g/mol. The van der Waals surface area contributed by atoms with Crippen LogP contribution in [-0.2, 0) is 4.79 Å². The molecule has 1 fully saturated rings. The number of amides is 2. The third kappa shape index (κ3) is 2.99. The Labute approximate surface area is 138 Å². The van der Waals surface area contributed by atoms with Crippen molar-refractivity contribution < 1.29 is 19.1 Å². The number of aliphatic hydroxyl groups excluding tert-OH is 1. The second-order valence-corrected chi connectivity index (χ2v) is 6.16. The molecule has 1 aliphatic heterocycles. The Morgan fingerprint density at radius 2 is 1.79 bits per heavy atom. The summed E-state index contributed by atoms with van der Waals surface area (Å²) in [5.41, 5.74) is 1.78. The van der Waals surface area contributed by atoms with E-state index in [0.29, 0.717) is 37.4 Å². The number of nitrogens with zero attached hydrogens (tertiary/aromatic N) is 2. The number of benzene rings is 1. The van der Waals surface area contributed by atoms with Crippen LogP contribution in [-0.4, -0.2) is 64.0 Å². The predicted molar refractivity (Wildman–Crippen MR) is 87.2 cm³/mol. The maximum atomic E-state index is 13.5. The first-order chi connectivity index (χ1) is 11.4. The zero-order valence-corrected chi connectivity index (χ0v) is 13.7. The van der Waals surface area contributed by atoms with Crippen LogP contribution in [0, 0.1) is 12.7 Å². The molecule has 2 N–H and O–H groups in total. The Hall–Kier alpha value is -2.41. The lowest BCUT2D eigenvalue weighted by atomic mass is 10.1. The van der Waals surface area contributed by atoms with E-state index in [-0.39, 0.29) is 17.6 Å². The Kier molecular flexibility index (Phi) is 4.28. The predicted octanol–water partition coefficient (Wildman–Crippen LogP) is 1.28. The van der Waals surface area contributed by atoms with Gasteiger partial charge in [0.1, 0.15) is 17.6 Å². The van der Waals surface area contributed by atoms with Crippen molar-refractivity contribution in [2.75, 3.05) is 26.2 Å². The van der Waals surface area contributed by atoms with Gasteiger partial charge in [0.2, 0.25) is 0 Å². The van der Waals surface area contributed by atoms with Crippen LogP contribution >= 0.6 is 0 Å². The Bertz CT molecular complexity index is 792. The van der Waals surface area contributed by atoms with Crippen molar-refractivity contribution in [1.82, 2.24) is 14.8 Å². The summed E-state index contributed by atoms with van der Waals surface area (Å²) in [7, 11) is 0. The van der Waals surface area contributed by atoms with Crippen LogP contribution in [0.25, 0.3) is 10.9 Å². The van der Waals surface area contributed by atoms with Crippen LogP contribution < -0.4 is 0 Å². The highest BCUT2D eigenvalue weighted by atomic mass is 19.1. The number of halogens is 1. The first kappa shape index (κ1) is 16.4. The highest BCUT2D eigenvalue weighted by Crippen LogP contribution is 2.22. The second kappa shape index (κ2) is 6.24. The van der Waals surface area contributed by atoms with Crippen molar-refractivity contribution in [3.8, 4) is 0 Å². The summed E-state index contributed by atoms with van der Waals surface area (Å²) >= 11 is 0. The molecule has 0 saturated carbocycles. The van der Waals surface area contributed by atoms with Crippen LogP contribution in [0.4, 0.5) is 4.39 Å². The molecule has 1 aliphatic rings. The number of aryl methyl sites for hydroxylation is 1. The molecule has 0 radical (unpaired) electrons. The topological polar surface area (TPSA) is 76.6 Å². The van der Waals surface area contributed by atoms with Gasteiger partial charge in [-0.05, 0) is 37.6 Å². The largest absolute Gasteiger partial charge is 0.384 e. The summed E-state index contributed by atoms with van der Waals surface area (Å²) in [4.78, 5) is 30.6. The molecule has 0 aliphatic carbocycles. The van der Waals surface area contributed by atoms with Crippen molar-refractivity contribution >= 4 is 22.7 Å². The number of hydrogen-bond acceptors (Lipinski definition) is 3. The van der Waals surface area contributed by atoms with Gasteiger partial charge in [0, 0.05) is 37.1 Å². The van der Waals surface area contributed by atoms with E-state index in [9.17, 15) is 19.1 Å². The smallest absolute Gasteiger partial charge is 0.270 e. The highest BCUT2D eigenvalue weighted by molar-refractivity contribution is 5.99. The lowest BCUT2D eigenvalue weighted by molar-refractivity contribution is -0.140. The molecule has 24 heavy (non-hydrogen) atoms. The Balaban J connectivity index is 1.74. The number of carbonyl (C=O) groups is 2. The Morgan fingerprint density at radius 3 is 2.42 bits per heavy atom. The van der Waals surface area contributed by atoms with Gasteiger partial charge in [0.15, 0.2) is 0 Å². The number of carbonyl (C=O) groups excluding carboxylic acids is 2. The van der Waals surface area contributed by atoms with Gasteiger partial charge in [-0.15, -0.1) is 0 Å². The van der Waals surface area contributed by atoms with E-state index in [1.54, 1.807) is 22.8 Å². The van der Waals surface area contributed by atoms with E-state index in [1.165, 1.54) is 19.1 Å². The fourth-order valence-electron chi connectivity index (χ4n) is 3.05. The number of aliphatic hydroxyl groups is 1. The summed E-state index contributed by atoms with van der Waals surface area (Å²) < 4.78 is 13.5. The molecule has 1 aromatic heterocycles. The molecule has 6 nitrogen and oxygen atoms in total. The van der Waals surface area contributed by atoms with Gasteiger partial charge in [0.25, 0.3) is 11.8 Å². The third-order valence-corrected chi connectivity index (χ3v) is 4.38. The fraction of sp³-hybridized carbons (Fsp3) is 0.412. The van der Waals surface area contributed by atoms with Crippen LogP contribution in [0.3, 0.4) is 0 Å². The maximum absolute atomic E-state index is 13.5. The Morgan fingerprint density at radius 1 is 1.17 bits per heavy atom. The maximum Gasteiger partial charge on any atom is 0.270 e. The van der Waals surface area contributed by atoms with Crippen LogP contribution in [0.5, 0.6) is 0 Å². The number of aromatic amines is 1. The fourth-order valence-corrected chi connectivity index (χ4v) is 3.05. The van der Waals surface area contributed by atoms with Gasteiger partial charge in [-0.1, -0.05) is 0 Å². The lowest BCUT2D eigenvalue weighted by Gasteiger charge is -2.35. The molecule has 1 atom stereocenters. The molecular weight excluding hydrogens is 313 g/mol. The molecule has 2 heterocycles. The molecule has 1 unspecified atom stereocenters. The molecule has 2 aromatic rings. The number of fused-ring (bicyclic) bond motifs is 1. The number of rotatable bonds is 2. The first-order valence-electron chi connectivity index (χ1n) is 7.92. The number of aromatic nitrogens is 1. The number of nitrogens with one attached hydrogen (secondary N) is 1. The summed E-state index contributed by atoms with van der Waals surface area (Å²) in [6.07, 6.45) is -1.03. The molecule has 1 saturated heterocycles. The van der Waals surface area contributed by atoms with E-state index in [0.717, 1.165) is 10.9 Å². The van der Waals surface area contributed by atoms with Gasteiger partial charge in [0.05, 0.1) is 0 Å². The number of H-pyrrole nitrogens is 1. The summed E-state index contributed by atoms with van der Waals surface area (Å²) in [5.74, 6) is -0.833. The van der Waals surface area contributed by atoms with Crippen LogP contribution in [0.1, 0.15) is 23.0 Å². The quantitative estimate of drug-likeness (QED) is 0.869. The minimum Gasteiger partial charge on any atom is -0.384 e. The van der Waals surface area contributed by atoms with Crippen molar-refractivity contribution in [3.63, 3.8) is 0 Å². The van der Waals surface area contributed by atoms with Gasteiger partial charge in [-0.2, -0.15) is 0 Å². The highest BCUT2D eigenvalue weighted by Gasteiger charge is 2.27. The molecule has 0 spiro atoms. The normalized spacial score (nSPS) is 16.5. The molecule has 1 aromatic carbocycles. The molecular formula is C17H20FN3O3. The van der Waals surface area contributed by atoms with Crippen molar-refractivity contribution in [1.29, 1.82) is 0 Å². The molecule has 128 valence electrons. The van der Waals surface area contributed by atoms with Gasteiger partial charge < -0.3 is 19.9 Å². The van der Waals surface area contributed by atoms with Gasteiger partial charge in [-0.3, -0.25) is 9.59 Å². The first-order valence-corrected chi connectivity index (χ1v) is 7.92. The van der Waals surface area contributed by atoms with Crippen LogP contribution in [0.2, 0.25) is 0 Å². The van der Waals surface area contributed by atoms with Crippen molar-refractivity contribution in [3.05, 3.63) is 35.3 Å².